The first-order valence-electron chi connectivity index (χ1n) is 7.99. The van der Waals surface area contributed by atoms with E-state index < -0.39 is 17.6 Å². The van der Waals surface area contributed by atoms with Gasteiger partial charge in [0.05, 0.1) is 6.54 Å². The standard InChI is InChI=1S/C17H24F2N2O2/c1-12(13-5-6-15(18)16(19)10-13)21-8-3-4-14(7-9-21)20(2)11-17(22)23/h5-6,10,12,14H,3-4,7-9,11H2,1-2H3,(H,22,23). The first-order valence-corrected chi connectivity index (χ1v) is 7.99. The van der Waals surface area contributed by atoms with Gasteiger partial charge in [0, 0.05) is 18.6 Å². The molecule has 0 bridgehead atoms. The zero-order valence-corrected chi connectivity index (χ0v) is 13.6. The van der Waals surface area contributed by atoms with Gasteiger partial charge in [-0.25, -0.2) is 8.78 Å². The van der Waals surface area contributed by atoms with Crippen LogP contribution in [0.5, 0.6) is 0 Å². The number of benzene rings is 1. The van der Waals surface area contributed by atoms with Gasteiger partial charge in [0.1, 0.15) is 0 Å². The summed E-state index contributed by atoms with van der Waals surface area (Å²) in [6.45, 7) is 3.73. The van der Waals surface area contributed by atoms with Crippen LogP contribution in [0.25, 0.3) is 0 Å². The number of hydrogen-bond donors (Lipinski definition) is 1. The van der Waals surface area contributed by atoms with Gasteiger partial charge in [-0.15, -0.1) is 0 Å². The molecule has 6 heteroatoms. The van der Waals surface area contributed by atoms with Gasteiger partial charge in [0.25, 0.3) is 0 Å². The molecule has 1 aromatic carbocycles. The third kappa shape index (κ3) is 4.72. The highest BCUT2D eigenvalue weighted by Gasteiger charge is 2.24. The van der Waals surface area contributed by atoms with Crippen molar-refractivity contribution < 1.29 is 18.7 Å². The second kappa shape index (κ2) is 7.84. The van der Waals surface area contributed by atoms with Crippen molar-refractivity contribution in [1.82, 2.24) is 9.80 Å². The second-order valence-electron chi connectivity index (χ2n) is 6.28. The summed E-state index contributed by atoms with van der Waals surface area (Å²) < 4.78 is 26.5. The van der Waals surface area contributed by atoms with Crippen molar-refractivity contribution in [3.05, 3.63) is 35.4 Å². The third-order valence-electron chi connectivity index (χ3n) is 4.71. The number of likely N-dealkylation sites (N-methyl/N-ethyl adjacent to an activating group) is 1. The van der Waals surface area contributed by atoms with Crippen LogP contribution in [0, 0.1) is 11.6 Å². The monoisotopic (exact) mass is 326 g/mol. The zero-order chi connectivity index (χ0) is 17.0. The number of carbonyl (C=O) groups is 1. The Bertz CT molecular complexity index is 553. The molecule has 1 heterocycles. The molecule has 0 amide bonds. The first-order chi connectivity index (χ1) is 10.9. The van der Waals surface area contributed by atoms with Crippen molar-refractivity contribution >= 4 is 5.97 Å². The molecular formula is C17H24F2N2O2. The van der Waals surface area contributed by atoms with Crippen LogP contribution in [-0.2, 0) is 4.79 Å². The Labute approximate surface area is 135 Å². The molecule has 1 N–H and O–H groups in total. The van der Waals surface area contributed by atoms with E-state index in [1.165, 1.54) is 12.1 Å². The number of rotatable bonds is 5. The average molecular weight is 326 g/mol. The molecule has 0 radical (unpaired) electrons. The minimum absolute atomic E-state index is 0.00799. The Morgan fingerprint density at radius 2 is 2.09 bits per heavy atom. The first kappa shape index (κ1) is 17.8. The van der Waals surface area contributed by atoms with Crippen LogP contribution in [0.4, 0.5) is 8.78 Å². The lowest BCUT2D eigenvalue weighted by Gasteiger charge is -2.29. The maximum Gasteiger partial charge on any atom is 0.317 e. The van der Waals surface area contributed by atoms with Gasteiger partial charge in [0.2, 0.25) is 0 Å². The van der Waals surface area contributed by atoms with Crippen molar-refractivity contribution in [1.29, 1.82) is 0 Å². The lowest BCUT2D eigenvalue weighted by atomic mass is 10.1. The number of nitrogens with zero attached hydrogens (tertiary/aromatic N) is 2. The predicted octanol–water partition coefficient (Wildman–Crippen LogP) is 2.90. The van der Waals surface area contributed by atoms with E-state index in [2.05, 4.69) is 4.90 Å². The molecule has 1 aliphatic rings. The highest BCUT2D eigenvalue weighted by molar-refractivity contribution is 5.69. The van der Waals surface area contributed by atoms with Gasteiger partial charge >= 0.3 is 5.97 Å². The Balaban J connectivity index is 1.99. The van der Waals surface area contributed by atoms with Crippen molar-refractivity contribution in [2.75, 3.05) is 26.7 Å². The van der Waals surface area contributed by atoms with E-state index in [0.717, 1.165) is 37.9 Å². The molecule has 0 saturated carbocycles. The molecule has 0 spiro atoms. The summed E-state index contributed by atoms with van der Waals surface area (Å²) in [4.78, 5) is 15.0. The molecule has 1 aliphatic heterocycles. The molecule has 128 valence electrons. The molecule has 2 unspecified atom stereocenters. The Hall–Kier alpha value is -1.53. The van der Waals surface area contributed by atoms with E-state index in [1.54, 1.807) is 6.07 Å². The van der Waals surface area contributed by atoms with Gasteiger partial charge in [-0.1, -0.05) is 6.07 Å². The number of aliphatic carboxylic acids is 1. The predicted molar refractivity (Wildman–Crippen MR) is 84.3 cm³/mol. The number of hydrogen-bond acceptors (Lipinski definition) is 3. The van der Waals surface area contributed by atoms with Gasteiger partial charge in [-0.05, 0) is 57.5 Å². The largest absolute Gasteiger partial charge is 0.480 e. The molecule has 2 atom stereocenters. The van der Waals surface area contributed by atoms with Crippen molar-refractivity contribution in [3.8, 4) is 0 Å². The number of carboxylic acids is 1. The number of likely N-dealkylation sites (tertiary alicyclic amines) is 1. The maximum absolute atomic E-state index is 13.4. The van der Waals surface area contributed by atoms with Crippen LogP contribution in [0.15, 0.2) is 18.2 Å². The summed E-state index contributed by atoms with van der Waals surface area (Å²) in [5, 5.41) is 8.90. The lowest BCUT2D eigenvalue weighted by molar-refractivity contribution is -0.138. The molecule has 23 heavy (non-hydrogen) atoms. The van der Waals surface area contributed by atoms with Crippen molar-refractivity contribution in [3.63, 3.8) is 0 Å². The fourth-order valence-corrected chi connectivity index (χ4v) is 3.25. The molecular weight excluding hydrogens is 302 g/mol. The quantitative estimate of drug-likeness (QED) is 0.903. The van der Waals surface area contributed by atoms with Crippen LogP contribution >= 0.6 is 0 Å². The topological polar surface area (TPSA) is 43.8 Å². The lowest BCUT2D eigenvalue weighted by Crippen LogP contribution is -2.36. The minimum atomic E-state index is -0.827. The highest BCUT2D eigenvalue weighted by atomic mass is 19.2. The van der Waals surface area contributed by atoms with E-state index in [1.807, 2.05) is 18.9 Å². The van der Waals surface area contributed by atoms with Crippen LogP contribution in [0.1, 0.15) is 37.8 Å². The second-order valence-corrected chi connectivity index (χ2v) is 6.28. The van der Waals surface area contributed by atoms with E-state index in [0.29, 0.717) is 0 Å². The average Bonchev–Trinajstić information content (AvgIpc) is 2.74. The van der Waals surface area contributed by atoms with Gasteiger partial charge < -0.3 is 5.11 Å². The summed E-state index contributed by atoms with van der Waals surface area (Å²) in [6.07, 6.45) is 2.78. The Morgan fingerprint density at radius 3 is 2.74 bits per heavy atom. The highest BCUT2D eigenvalue weighted by Crippen LogP contribution is 2.26. The SMILES string of the molecule is CC(c1ccc(F)c(F)c1)N1CCCC(N(C)CC(=O)O)CC1. The fourth-order valence-electron chi connectivity index (χ4n) is 3.25. The van der Waals surface area contributed by atoms with Crippen LogP contribution < -0.4 is 0 Å². The molecule has 4 nitrogen and oxygen atoms in total. The van der Waals surface area contributed by atoms with E-state index in [4.69, 9.17) is 5.11 Å². The van der Waals surface area contributed by atoms with Crippen LogP contribution in [-0.4, -0.2) is 53.6 Å². The summed E-state index contributed by atoms with van der Waals surface area (Å²) in [5.74, 6) is -2.46. The molecule has 0 aliphatic carbocycles. The van der Waals surface area contributed by atoms with Gasteiger partial charge in [-0.2, -0.15) is 0 Å². The summed E-state index contributed by atoms with van der Waals surface area (Å²) in [6, 6.07) is 4.31. The summed E-state index contributed by atoms with van der Waals surface area (Å²) in [5.41, 5.74) is 0.765. The number of carboxylic acid groups (broad SMARTS) is 1. The minimum Gasteiger partial charge on any atom is -0.480 e. The maximum atomic E-state index is 13.4. The smallest absolute Gasteiger partial charge is 0.317 e. The van der Waals surface area contributed by atoms with Crippen LogP contribution in [0.2, 0.25) is 0 Å². The number of halogens is 2. The van der Waals surface area contributed by atoms with Gasteiger partial charge in [-0.3, -0.25) is 14.6 Å². The van der Waals surface area contributed by atoms with E-state index in [-0.39, 0.29) is 18.6 Å². The normalized spacial score (nSPS) is 21.2. The molecule has 0 aromatic heterocycles. The molecule has 1 fully saturated rings. The van der Waals surface area contributed by atoms with E-state index >= 15 is 0 Å². The van der Waals surface area contributed by atoms with Crippen LogP contribution in [0.3, 0.4) is 0 Å². The van der Waals surface area contributed by atoms with Crippen molar-refractivity contribution in [2.24, 2.45) is 0 Å². The Kier molecular flexibility index (Phi) is 6.07. The third-order valence-corrected chi connectivity index (χ3v) is 4.71. The zero-order valence-electron chi connectivity index (χ0n) is 13.6. The Morgan fingerprint density at radius 1 is 1.35 bits per heavy atom. The molecule has 1 aromatic rings. The molecule has 1 saturated heterocycles. The molecule has 2 rings (SSSR count). The van der Waals surface area contributed by atoms with Crippen molar-refractivity contribution in [2.45, 2.75) is 38.3 Å². The van der Waals surface area contributed by atoms with E-state index in [9.17, 15) is 13.6 Å². The fraction of sp³-hybridized carbons (Fsp3) is 0.588. The summed E-state index contributed by atoms with van der Waals surface area (Å²) in [7, 11) is 1.84. The summed E-state index contributed by atoms with van der Waals surface area (Å²) >= 11 is 0. The van der Waals surface area contributed by atoms with Gasteiger partial charge in [0.15, 0.2) is 11.6 Å².